The number of carbonyl (C=O) groups is 1. The molecule has 2 aromatic rings. The summed E-state index contributed by atoms with van der Waals surface area (Å²) in [4.78, 5) is 23.4. The highest BCUT2D eigenvalue weighted by Gasteiger charge is 2.19. The van der Waals surface area contributed by atoms with Gasteiger partial charge in [0.15, 0.2) is 11.5 Å². The predicted molar refractivity (Wildman–Crippen MR) is 101 cm³/mol. The van der Waals surface area contributed by atoms with E-state index in [9.17, 15) is 14.9 Å². The molecule has 1 aliphatic heterocycles. The van der Waals surface area contributed by atoms with E-state index in [2.05, 4.69) is 0 Å². The summed E-state index contributed by atoms with van der Waals surface area (Å²) in [6.45, 7) is 0.983. The SMILES string of the molecule is CSc1ccc(C(=O)OCc2cc(Cl)c3c(c2)OCCCO3)cc1[N+](=O)[O-]. The van der Waals surface area contributed by atoms with Crippen LogP contribution < -0.4 is 9.47 Å². The summed E-state index contributed by atoms with van der Waals surface area (Å²) in [5, 5.41) is 11.5. The first-order chi connectivity index (χ1) is 13.0. The molecule has 0 unspecified atom stereocenters. The van der Waals surface area contributed by atoms with Gasteiger partial charge in [-0.2, -0.15) is 0 Å². The number of halogens is 1. The summed E-state index contributed by atoms with van der Waals surface area (Å²) in [5.41, 5.74) is 0.614. The minimum Gasteiger partial charge on any atom is -0.489 e. The van der Waals surface area contributed by atoms with Gasteiger partial charge in [0, 0.05) is 12.5 Å². The van der Waals surface area contributed by atoms with Crippen LogP contribution in [0.2, 0.25) is 5.02 Å². The van der Waals surface area contributed by atoms with Crippen LogP contribution in [-0.4, -0.2) is 30.4 Å². The Bertz CT molecular complexity index is 888. The van der Waals surface area contributed by atoms with Crippen molar-refractivity contribution in [3.8, 4) is 11.5 Å². The molecule has 0 spiro atoms. The number of hydrogen-bond donors (Lipinski definition) is 0. The van der Waals surface area contributed by atoms with Crippen molar-refractivity contribution in [2.45, 2.75) is 17.9 Å². The third-order valence-electron chi connectivity index (χ3n) is 3.84. The van der Waals surface area contributed by atoms with Crippen molar-refractivity contribution in [2.75, 3.05) is 19.5 Å². The number of esters is 1. The second-order valence-corrected chi connectivity index (χ2v) is 6.93. The van der Waals surface area contributed by atoms with Crippen LogP contribution in [0.15, 0.2) is 35.2 Å². The lowest BCUT2D eigenvalue weighted by Gasteiger charge is -2.12. The smallest absolute Gasteiger partial charge is 0.338 e. The zero-order valence-corrected chi connectivity index (χ0v) is 16.0. The highest BCUT2D eigenvalue weighted by atomic mass is 35.5. The van der Waals surface area contributed by atoms with E-state index < -0.39 is 10.9 Å². The van der Waals surface area contributed by atoms with Crippen molar-refractivity contribution in [3.05, 3.63) is 56.6 Å². The monoisotopic (exact) mass is 409 g/mol. The molecule has 0 saturated heterocycles. The van der Waals surface area contributed by atoms with Crippen LogP contribution in [0.1, 0.15) is 22.3 Å². The first-order valence-electron chi connectivity index (χ1n) is 8.07. The Kier molecular flexibility index (Phi) is 6.08. The van der Waals surface area contributed by atoms with E-state index in [-0.39, 0.29) is 17.9 Å². The molecule has 0 radical (unpaired) electrons. The lowest BCUT2D eigenvalue weighted by Crippen LogP contribution is -2.06. The molecular formula is C18H16ClNO6S. The second-order valence-electron chi connectivity index (χ2n) is 5.68. The van der Waals surface area contributed by atoms with Crippen molar-refractivity contribution < 1.29 is 23.9 Å². The Morgan fingerprint density at radius 3 is 2.81 bits per heavy atom. The molecule has 142 valence electrons. The fourth-order valence-corrected chi connectivity index (χ4v) is 3.39. The standard InChI is InChI=1S/C18H16ClNO6S/c1-27-16-4-3-12(9-14(16)20(22)23)18(21)26-10-11-7-13(19)17-15(8-11)24-5-2-6-25-17/h3-4,7-9H,2,5-6,10H2,1H3. The number of carbonyl (C=O) groups excluding carboxylic acids is 1. The van der Waals surface area contributed by atoms with Crippen molar-refractivity contribution >= 4 is 35.0 Å². The fourth-order valence-electron chi connectivity index (χ4n) is 2.56. The highest BCUT2D eigenvalue weighted by molar-refractivity contribution is 7.98. The maximum absolute atomic E-state index is 12.3. The van der Waals surface area contributed by atoms with Crippen molar-refractivity contribution in [1.29, 1.82) is 0 Å². The molecular weight excluding hydrogens is 394 g/mol. The number of nitro groups is 1. The van der Waals surface area contributed by atoms with E-state index in [0.717, 1.165) is 6.42 Å². The van der Waals surface area contributed by atoms with Crippen LogP contribution in [0, 0.1) is 10.1 Å². The lowest BCUT2D eigenvalue weighted by molar-refractivity contribution is -0.387. The molecule has 2 aromatic carbocycles. The minimum atomic E-state index is -0.658. The molecule has 1 aliphatic rings. The van der Waals surface area contributed by atoms with E-state index in [1.165, 1.54) is 30.0 Å². The van der Waals surface area contributed by atoms with E-state index in [1.54, 1.807) is 18.4 Å². The Morgan fingerprint density at radius 2 is 2.07 bits per heavy atom. The molecule has 0 atom stereocenters. The van der Waals surface area contributed by atoms with Gasteiger partial charge in [-0.3, -0.25) is 10.1 Å². The molecule has 1 heterocycles. The molecule has 7 nitrogen and oxygen atoms in total. The normalized spacial score (nSPS) is 13.0. The predicted octanol–water partition coefficient (Wildman–Crippen LogP) is 4.49. The summed E-state index contributed by atoms with van der Waals surface area (Å²) in [5.74, 6) is 0.326. The minimum absolute atomic E-state index is 0.0483. The number of fused-ring (bicyclic) bond motifs is 1. The fraction of sp³-hybridized carbons (Fsp3) is 0.278. The molecule has 0 amide bonds. The third kappa shape index (κ3) is 4.45. The highest BCUT2D eigenvalue weighted by Crippen LogP contribution is 2.38. The zero-order valence-electron chi connectivity index (χ0n) is 14.4. The van der Waals surface area contributed by atoms with Crippen LogP contribution in [0.25, 0.3) is 0 Å². The van der Waals surface area contributed by atoms with Crippen LogP contribution >= 0.6 is 23.4 Å². The number of hydrogen-bond acceptors (Lipinski definition) is 7. The quantitative estimate of drug-likeness (QED) is 0.311. The van der Waals surface area contributed by atoms with Gasteiger partial charge in [-0.05, 0) is 36.1 Å². The Morgan fingerprint density at radius 1 is 1.30 bits per heavy atom. The first kappa shape index (κ1) is 19.3. The van der Waals surface area contributed by atoms with E-state index in [4.69, 9.17) is 25.8 Å². The van der Waals surface area contributed by atoms with Crippen LogP contribution in [0.5, 0.6) is 11.5 Å². The topological polar surface area (TPSA) is 87.9 Å². The number of rotatable bonds is 5. The molecule has 0 N–H and O–H groups in total. The van der Waals surface area contributed by atoms with Gasteiger partial charge in [-0.25, -0.2) is 4.79 Å². The van der Waals surface area contributed by atoms with Crippen molar-refractivity contribution in [2.24, 2.45) is 0 Å². The number of nitro benzene ring substituents is 1. The molecule has 27 heavy (non-hydrogen) atoms. The van der Waals surface area contributed by atoms with Crippen LogP contribution in [-0.2, 0) is 11.3 Å². The molecule has 0 saturated carbocycles. The zero-order chi connectivity index (χ0) is 19.4. The van der Waals surface area contributed by atoms with Gasteiger partial charge in [-0.15, -0.1) is 11.8 Å². The molecule has 0 aliphatic carbocycles. The van der Waals surface area contributed by atoms with Gasteiger partial charge >= 0.3 is 5.97 Å². The third-order valence-corrected chi connectivity index (χ3v) is 4.91. The second kappa shape index (κ2) is 8.49. The molecule has 0 bridgehead atoms. The Hall–Kier alpha value is -2.45. The van der Waals surface area contributed by atoms with Crippen molar-refractivity contribution in [1.82, 2.24) is 0 Å². The first-order valence-corrected chi connectivity index (χ1v) is 9.67. The lowest BCUT2D eigenvalue weighted by atomic mass is 10.2. The van der Waals surface area contributed by atoms with Gasteiger partial charge < -0.3 is 14.2 Å². The molecule has 9 heteroatoms. The van der Waals surface area contributed by atoms with Crippen molar-refractivity contribution in [3.63, 3.8) is 0 Å². The number of benzene rings is 2. The maximum Gasteiger partial charge on any atom is 0.338 e. The van der Waals surface area contributed by atoms with E-state index >= 15 is 0 Å². The summed E-state index contributed by atoms with van der Waals surface area (Å²) >= 11 is 7.45. The summed E-state index contributed by atoms with van der Waals surface area (Å²) in [6, 6.07) is 7.60. The average molecular weight is 410 g/mol. The largest absolute Gasteiger partial charge is 0.489 e. The summed E-state index contributed by atoms with van der Waals surface area (Å²) in [6.07, 6.45) is 2.48. The maximum atomic E-state index is 12.3. The number of nitrogens with zero attached hydrogens (tertiary/aromatic N) is 1. The molecule has 3 rings (SSSR count). The number of thioether (sulfide) groups is 1. The van der Waals surface area contributed by atoms with Crippen LogP contribution in [0.3, 0.4) is 0 Å². The van der Waals surface area contributed by atoms with Gasteiger partial charge in [-0.1, -0.05) is 11.6 Å². The summed E-state index contributed by atoms with van der Waals surface area (Å²) < 4.78 is 16.4. The molecule has 0 aromatic heterocycles. The average Bonchev–Trinajstić information content (AvgIpc) is 2.91. The van der Waals surface area contributed by atoms with Crippen LogP contribution in [0.4, 0.5) is 5.69 Å². The van der Waals surface area contributed by atoms with Gasteiger partial charge in [0.25, 0.3) is 5.69 Å². The van der Waals surface area contributed by atoms with Gasteiger partial charge in [0.1, 0.15) is 6.61 Å². The van der Waals surface area contributed by atoms with E-state index in [0.29, 0.717) is 40.2 Å². The number of ether oxygens (including phenoxy) is 3. The summed E-state index contributed by atoms with van der Waals surface area (Å²) in [7, 11) is 0. The van der Waals surface area contributed by atoms with Gasteiger partial charge in [0.05, 0.1) is 33.6 Å². The van der Waals surface area contributed by atoms with Gasteiger partial charge in [0.2, 0.25) is 0 Å². The Balaban J connectivity index is 1.74. The Labute approximate surface area is 164 Å². The molecule has 0 fully saturated rings. The van der Waals surface area contributed by atoms with E-state index in [1.807, 2.05) is 0 Å².